The topological polar surface area (TPSA) is 77.9 Å². The lowest BCUT2D eigenvalue weighted by atomic mass is 10.1. The van der Waals surface area contributed by atoms with Crippen LogP contribution in [0, 0.1) is 0 Å². The number of benzene rings is 2. The Balaban J connectivity index is 1.37. The van der Waals surface area contributed by atoms with E-state index in [1.165, 1.54) is 0 Å². The van der Waals surface area contributed by atoms with Gasteiger partial charge in [0.15, 0.2) is 0 Å². The fraction of sp³-hybridized carbons (Fsp3) is 0.484. The number of rotatable bonds is 8. The van der Waals surface area contributed by atoms with Gasteiger partial charge in [-0.25, -0.2) is 4.79 Å². The summed E-state index contributed by atoms with van der Waals surface area (Å²) in [5, 5.41) is 8.12. The maximum absolute atomic E-state index is 12.6. The Bertz CT molecular complexity index is 1340. The molecule has 1 amide bonds. The number of hydrogen-bond donors (Lipinski definition) is 1. The molecule has 216 valence electrons. The number of nitrogens with one attached hydrogen (secondary N) is 1. The van der Waals surface area contributed by atoms with Gasteiger partial charge in [0.05, 0.1) is 30.7 Å². The van der Waals surface area contributed by atoms with Crippen LogP contribution in [-0.2, 0) is 31.3 Å². The van der Waals surface area contributed by atoms with Gasteiger partial charge in [0, 0.05) is 31.3 Å². The maximum atomic E-state index is 12.6. The second-order valence-corrected chi connectivity index (χ2v) is 17.7. The van der Waals surface area contributed by atoms with Crippen LogP contribution in [0.15, 0.2) is 48.7 Å². The minimum atomic E-state index is -1.88. The smallest absolute Gasteiger partial charge is 0.410 e. The Morgan fingerprint density at radius 3 is 2.38 bits per heavy atom. The van der Waals surface area contributed by atoms with Gasteiger partial charge < -0.3 is 19.2 Å². The molecule has 0 saturated carbocycles. The number of aryl methyl sites for hydroxylation is 1. The van der Waals surface area contributed by atoms with Crippen molar-refractivity contribution in [3.05, 3.63) is 65.5 Å². The number of aromatic nitrogens is 2. The van der Waals surface area contributed by atoms with Crippen LogP contribution in [0.3, 0.4) is 0 Å². The highest BCUT2D eigenvalue weighted by molar-refractivity contribution is 6.74. The van der Waals surface area contributed by atoms with Crippen LogP contribution < -0.4 is 14.5 Å². The Hall–Kier alpha value is -3.46. The highest BCUT2D eigenvalue weighted by atomic mass is 28.4. The molecule has 40 heavy (non-hydrogen) atoms. The van der Waals surface area contributed by atoms with Gasteiger partial charge in [-0.05, 0) is 74.8 Å². The highest BCUT2D eigenvalue weighted by Gasteiger charge is 2.39. The van der Waals surface area contributed by atoms with Crippen LogP contribution in [0.1, 0.15) is 58.4 Å². The van der Waals surface area contributed by atoms with E-state index in [0.29, 0.717) is 26.1 Å². The molecule has 0 radical (unpaired) electrons. The molecule has 9 heteroatoms. The van der Waals surface area contributed by atoms with Gasteiger partial charge in [-0.1, -0.05) is 32.9 Å². The first-order chi connectivity index (χ1) is 18.6. The van der Waals surface area contributed by atoms with Gasteiger partial charge in [-0.3, -0.25) is 9.58 Å². The zero-order valence-corrected chi connectivity index (χ0v) is 26.4. The molecule has 1 aliphatic rings. The van der Waals surface area contributed by atoms with Crippen LogP contribution in [-0.4, -0.2) is 41.3 Å². The lowest BCUT2D eigenvalue weighted by Gasteiger charge is -2.36. The minimum Gasteiger partial charge on any atom is -0.544 e. The third-order valence-corrected chi connectivity index (χ3v) is 11.9. The summed E-state index contributed by atoms with van der Waals surface area (Å²) in [5.74, 6) is 1.70. The molecule has 0 bridgehead atoms. The zero-order valence-electron chi connectivity index (χ0n) is 25.4. The van der Waals surface area contributed by atoms with Crippen molar-refractivity contribution >= 4 is 25.8 Å². The second kappa shape index (κ2) is 11.2. The van der Waals surface area contributed by atoms with E-state index in [4.69, 9.17) is 13.9 Å². The molecule has 0 saturated heterocycles. The van der Waals surface area contributed by atoms with Crippen LogP contribution >= 0.6 is 0 Å². The number of fused-ring (bicyclic) bond motifs is 1. The zero-order chi connectivity index (χ0) is 29.3. The number of carbonyl (C=O) groups is 1. The number of nitrogens with zero attached hydrogens (tertiary/aromatic N) is 3. The summed E-state index contributed by atoms with van der Waals surface area (Å²) < 4.78 is 20.1. The molecule has 8 nitrogen and oxygen atoms in total. The monoisotopic (exact) mass is 564 g/mol. The first-order valence-electron chi connectivity index (χ1n) is 13.9. The van der Waals surface area contributed by atoms with Gasteiger partial charge in [-0.15, -0.1) is 0 Å². The Morgan fingerprint density at radius 1 is 1.02 bits per heavy atom. The van der Waals surface area contributed by atoms with Crippen LogP contribution in [0.4, 0.5) is 16.2 Å². The van der Waals surface area contributed by atoms with Crippen molar-refractivity contribution in [2.24, 2.45) is 7.05 Å². The number of ether oxygens (including phenoxy) is 2. The Morgan fingerprint density at radius 2 is 1.73 bits per heavy atom. The molecule has 0 unspecified atom stereocenters. The molecule has 0 aliphatic carbocycles. The van der Waals surface area contributed by atoms with Crippen molar-refractivity contribution in [1.29, 1.82) is 0 Å². The SMILES string of the molecule is Cn1ncc(Nc2ccc(O[Si](C)(C)C(C)(C)C)cc2)c1CCOc1cccc2c1CN(C(=O)OC(C)(C)C)C2. The average Bonchev–Trinajstić information content (AvgIpc) is 3.43. The first-order valence-corrected chi connectivity index (χ1v) is 16.8. The first kappa shape index (κ1) is 29.5. The fourth-order valence-corrected chi connectivity index (χ4v) is 5.34. The minimum absolute atomic E-state index is 0.147. The van der Waals surface area contributed by atoms with E-state index < -0.39 is 13.9 Å². The third-order valence-electron chi connectivity index (χ3n) is 7.56. The van der Waals surface area contributed by atoms with Gasteiger partial charge in [0.25, 0.3) is 0 Å². The number of hydrogen-bond acceptors (Lipinski definition) is 6. The van der Waals surface area contributed by atoms with E-state index >= 15 is 0 Å². The van der Waals surface area contributed by atoms with Crippen molar-refractivity contribution in [3.63, 3.8) is 0 Å². The molecular weight excluding hydrogens is 520 g/mol. The molecule has 1 aliphatic heterocycles. The van der Waals surface area contributed by atoms with Crippen LogP contribution in [0.2, 0.25) is 18.1 Å². The molecule has 3 aromatic rings. The summed E-state index contributed by atoms with van der Waals surface area (Å²) in [4.78, 5) is 14.3. The standard InChI is InChI=1S/C31H44N4O4Si/c1-30(2,3)38-29(36)35-20-22-11-10-12-28(25(22)21-35)37-18-17-27-26(19-32-34(27)7)33-23-13-15-24(16-14-23)39-40(8,9)31(4,5)6/h10-16,19,33H,17-18,20-21H2,1-9H3. The molecule has 1 N–H and O–H groups in total. The van der Waals surface area contributed by atoms with E-state index in [2.05, 4.69) is 44.3 Å². The molecule has 1 aromatic heterocycles. The van der Waals surface area contributed by atoms with Crippen molar-refractivity contribution < 1.29 is 18.7 Å². The van der Waals surface area contributed by atoms with E-state index in [0.717, 1.165) is 39.7 Å². The van der Waals surface area contributed by atoms with Crippen molar-refractivity contribution in [3.8, 4) is 11.5 Å². The summed E-state index contributed by atoms with van der Waals surface area (Å²) in [6, 6.07) is 14.1. The molecule has 0 spiro atoms. The Kier molecular flexibility index (Phi) is 8.26. The van der Waals surface area contributed by atoms with Gasteiger partial charge >= 0.3 is 6.09 Å². The fourth-order valence-electron chi connectivity index (χ4n) is 4.31. The van der Waals surface area contributed by atoms with Crippen molar-refractivity contribution in [2.75, 3.05) is 11.9 Å². The van der Waals surface area contributed by atoms with E-state index in [9.17, 15) is 4.79 Å². The number of amides is 1. The predicted octanol–water partition coefficient (Wildman–Crippen LogP) is 7.42. The third kappa shape index (κ3) is 6.99. The van der Waals surface area contributed by atoms with E-state index in [-0.39, 0.29) is 11.1 Å². The highest BCUT2D eigenvalue weighted by Crippen LogP contribution is 2.38. The van der Waals surface area contributed by atoms with Gasteiger partial charge in [-0.2, -0.15) is 5.10 Å². The summed E-state index contributed by atoms with van der Waals surface area (Å²) >= 11 is 0. The van der Waals surface area contributed by atoms with Crippen molar-refractivity contribution in [1.82, 2.24) is 14.7 Å². The Labute approximate surface area is 239 Å². The van der Waals surface area contributed by atoms with Crippen molar-refractivity contribution in [2.45, 2.75) is 84.8 Å². The number of carbonyl (C=O) groups excluding carboxylic acids is 1. The van der Waals surface area contributed by atoms with Crippen LogP contribution in [0.25, 0.3) is 0 Å². The molecular formula is C31H44N4O4Si. The average molecular weight is 565 g/mol. The second-order valence-electron chi connectivity index (χ2n) is 13.0. The molecule has 2 heterocycles. The lowest BCUT2D eigenvalue weighted by Crippen LogP contribution is -2.43. The van der Waals surface area contributed by atoms with E-state index in [1.807, 2.05) is 81.2 Å². The molecule has 2 aromatic carbocycles. The van der Waals surface area contributed by atoms with Gasteiger partial charge in [0.1, 0.15) is 17.1 Å². The van der Waals surface area contributed by atoms with Gasteiger partial charge in [0.2, 0.25) is 8.32 Å². The summed E-state index contributed by atoms with van der Waals surface area (Å²) in [5.41, 5.74) is 4.56. The molecule has 0 fully saturated rings. The lowest BCUT2D eigenvalue weighted by molar-refractivity contribution is 0.0241. The summed E-state index contributed by atoms with van der Waals surface area (Å²) in [6.45, 7) is 18.4. The molecule has 0 atom stereocenters. The maximum Gasteiger partial charge on any atom is 0.410 e. The van der Waals surface area contributed by atoms with Crippen LogP contribution in [0.5, 0.6) is 11.5 Å². The molecule has 4 rings (SSSR count). The normalized spacial score (nSPS) is 13.7. The number of anilines is 2. The predicted molar refractivity (Wildman–Crippen MR) is 162 cm³/mol. The summed E-state index contributed by atoms with van der Waals surface area (Å²) in [6.07, 6.45) is 2.21. The van der Waals surface area contributed by atoms with E-state index in [1.54, 1.807) is 4.90 Å². The summed E-state index contributed by atoms with van der Waals surface area (Å²) in [7, 11) is 0.0551. The largest absolute Gasteiger partial charge is 0.544 e. The quantitative estimate of drug-likeness (QED) is 0.287.